The van der Waals surface area contributed by atoms with Crippen LogP contribution >= 0.6 is 12.2 Å². The van der Waals surface area contributed by atoms with Crippen molar-refractivity contribution in [2.75, 3.05) is 0 Å². The van der Waals surface area contributed by atoms with E-state index in [2.05, 4.69) is 12.2 Å². The van der Waals surface area contributed by atoms with E-state index in [9.17, 15) is 4.79 Å². The van der Waals surface area contributed by atoms with Crippen molar-refractivity contribution >= 4 is 23.1 Å². The van der Waals surface area contributed by atoms with Crippen molar-refractivity contribution in [3.8, 4) is 0 Å². The van der Waals surface area contributed by atoms with E-state index >= 15 is 0 Å². The Morgan fingerprint density at radius 2 is 1.94 bits per heavy atom. The molecule has 0 saturated heterocycles. The van der Waals surface area contributed by atoms with E-state index in [1.165, 1.54) is 19.3 Å². The van der Waals surface area contributed by atoms with Gasteiger partial charge < -0.3 is 11.1 Å². The Hall–Kier alpha value is -0.640. The van der Waals surface area contributed by atoms with Gasteiger partial charge in [0.1, 0.15) is 0 Å². The van der Waals surface area contributed by atoms with Crippen molar-refractivity contribution in [1.82, 2.24) is 5.32 Å². The van der Waals surface area contributed by atoms with E-state index in [4.69, 9.17) is 18.0 Å². The lowest BCUT2D eigenvalue weighted by atomic mass is 9.84. The van der Waals surface area contributed by atoms with Crippen LogP contribution < -0.4 is 11.1 Å². The van der Waals surface area contributed by atoms with Crippen LogP contribution in [0.25, 0.3) is 0 Å². The maximum atomic E-state index is 12.0. The van der Waals surface area contributed by atoms with E-state index in [1.807, 2.05) is 6.92 Å². The lowest BCUT2D eigenvalue weighted by Crippen LogP contribution is -2.44. The zero-order valence-corrected chi connectivity index (χ0v) is 11.7. The molecule has 0 aliphatic heterocycles. The molecular formula is C13H24N2OS. The quantitative estimate of drug-likeness (QED) is 0.743. The Morgan fingerprint density at radius 3 is 2.35 bits per heavy atom. The van der Waals surface area contributed by atoms with E-state index < -0.39 is 0 Å². The fourth-order valence-corrected chi connectivity index (χ4v) is 2.81. The van der Waals surface area contributed by atoms with Gasteiger partial charge in [-0.2, -0.15) is 0 Å². The first-order chi connectivity index (χ1) is 8.08. The van der Waals surface area contributed by atoms with Crippen LogP contribution in [0, 0.1) is 11.8 Å². The maximum Gasteiger partial charge on any atom is 0.230 e. The number of nitrogens with two attached hydrogens (primary N) is 1. The van der Waals surface area contributed by atoms with Crippen LogP contribution in [-0.4, -0.2) is 16.9 Å². The summed E-state index contributed by atoms with van der Waals surface area (Å²) in [5, 5.41) is 3.09. The van der Waals surface area contributed by atoms with Gasteiger partial charge in [-0.05, 0) is 38.0 Å². The molecule has 1 aliphatic rings. The van der Waals surface area contributed by atoms with Crippen molar-refractivity contribution in [1.29, 1.82) is 0 Å². The highest BCUT2D eigenvalue weighted by Crippen LogP contribution is 2.26. The highest BCUT2D eigenvalue weighted by molar-refractivity contribution is 7.80. The largest absolute Gasteiger partial charge is 0.393 e. The van der Waals surface area contributed by atoms with Gasteiger partial charge in [-0.15, -0.1) is 0 Å². The second kappa shape index (κ2) is 6.94. The number of carbonyl (C=O) groups is 1. The summed E-state index contributed by atoms with van der Waals surface area (Å²) in [7, 11) is 0. The maximum absolute atomic E-state index is 12.0. The molecule has 0 aromatic heterocycles. The van der Waals surface area contributed by atoms with Crippen molar-refractivity contribution in [2.45, 2.75) is 58.4 Å². The molecule has 1 aliphatic carbocycles. The monoisotopic (exact) mass is 256 g/mol. The third-order valence-electron chi connectivity index (χ3n) is 3.84. The Bertz CT molecular complexity index is 273. The van der Waals surface area contributed by atoms with Crippen LogP contribution in [0.5, 0.6) is 0 Å². The minimum absolute atomic E-state index is 0.0138. The molecule has 0 aromatic rings. The molecule has 0 spiro atoms. The Kier molecular flexibility index (Phi) is 5.89. The molecule has 0 heterocycles. The van der Waals surface area contributed by atoms with Gasteiger partial charge in [-0.1, -0.05) is 32.5 Å². The number of hydrogen-bond donors (Lipinski definition) is 2. The van der Waals surface area contributed by atoms with E-state index in [0.29, 0.717) is 17.5 Å². The Labute approximate surface area is 110 Å². The summed E-state index contributed by atoms with van der Waals surface area (Å²) in [5.74, 6) is 0.564. The first-order valence-electron chi connectivity index (χ1n) is 6.68. The average Bonchev–Trinajstić information content (AvgIpc) is 2.30. The molecule has 1 saturated carbocycles. The van der Waals surface area contributed by atoms with Crippen LogP contribution in [0.1, 0.15) is 52.4 Å². The molecule has 0 aromatic carbocycles. The molecule has 3 nitrogen and oxygen atoms in total. The molecule has 17 heavy (non-hydrogen) atoms. The van der Waals surface area contributed by atoms with Crippen LogP contribution in [-0.2, 0) is 4.79 Å². The minimum atomic E-state index is -0.297. The van der Waals surface area contributed by atoms with Crippen LogP contribution in [0.15, 0.2) is 0 Å². The summed E-state index contributed by atoms with van der Waals surface area (Å²) < 4.78 is 0. The molecule has 1 fully saturated rings. The molecule has 1 rings (SSSR count). The number of nitrogens with one attached hydrogen (secondary N) is 1. The average molecular weight is 256 g/mol. The lowest BCUT2D eigenvalue weighted by molar-refractivity contribution is -0.124. The summed E-state index contributed by atoms with van der Waals surface area (Å²) in [6.45, 7) is 4.18. The third-order valence-corrected chi connectivity index (χ3v) is 4.12. The minimum Gasteiger partial charge on any atom is -0.393 e. The van der Waals surface area contributed by atoms with Crippen molar-refractivity contribution in [2.24, 2.45) is 17.6 Å². The van der Waals surface area contributed by atoms with Crippen LogP contribution in [0.4, 0.5) is 0 Å². The smallest absolute Gasteiger partial charge is 0.230 e. The second-order valence-corrected chi connectivity index (χ2v) is 5.47. The van der Waals surface area contributed by atoms with Gasteiger partial charge in [0.05, 0.1) is 10.9 Å². The van der Waals surface area contributed by atoms with Gasteiger partial charge in [0.25, 0.3) is 0 Å². The number of thiocarbonyl (C=S) groups is 1. The number of rotatable bonds is 5. The van der Waals surface area contributed by atoms with Crippen LogP contribution in [0.2, 0.25) is 0 Å². The fraction of sp³-hybridized carbons (Fsp3) is 0.846. The molecule has 3 N–H and O–H groups in total. The Morgan fingerprint density at radius 1 is 1.35 bits per heavy atom. The highest BCUT2D eigenvalue weighted by Gasteiger charge is 2.25. The standard InChI is InChI=1S/C13H24N2OS/c1-3-9-5-7-10(8-6-9)15-13(16)11(4-2)12(14)17/h9-11H,3-8H2,1-2H3,(H2,14,17)(H,15,16). The van der Waals surface area contributed by atoms with Gasteiger partial charge in [0.2, 0.25) is 5.91 Å². The number of amides is 1. The predicted molar refractivity (Wildman–Crippen MR) is 74.7 cm³/mol. The topological polar surface area (TPSA) is 55.1 Å². The third kappa shape index (κ3) is 4.26. The normalized spacial score (nSPS) is 26.2. The summed E-state index contributed by atoms with van der Waals surface area (Å²) in [5.41, 5.74) is 5.57. The fourth-order valence-electron chi connectivity index (χ4n) is 2.53. The predicted octanol–water partition coefficient (Wildman–Crippen LogP) is 2.38. The zero-order valence-electron chi connectivity index (χ0n) is 10.9. The van der Waals surface area contributed by atoms with Gasteiger partial charge in [-0.25, -0.2) is 0 Å². The summed E-state index contributed by atoms with van der Waals surface area (Å²) >= 11 is 4.91. The molecule has 4 heteroatoms. The molecule has 0 radical (unpaired) electrons. The van der Waals surface area contributed by atoms with Gasteiger partial charge in [0.15, 0.2) is 0 Å². The molecular weight excluding hydrogens is 232 g/mol. The molecule has 1 amide bonds. The first kappa shape index (κ1) is 14.4. The summed E-state index contributed by atoms with van der Waals surface area (Å²) in [4.78, 5) is 12.3. The van der Waals surface area contributed by atoms with E-state index in [-0.39, 0.29) is 11.8 Å². The van der Waals surface area contributed by atoms with Gasteiger partial charge in [0, 0.05) is 6.04 Å². The second-order valence-electron chi connectivity index (χ2n) is 5.00. The summed E-state index contributed by atoms with van der Waals surface area (Å²) in [6.07, 6.45) is 6.59. The molecule has 1 unspecified atom stereocenters. The molecule has 1 atom stereocenters. The van der Waals surface area contributed by atoms with Crippen molar-refractivity contribution in [3.05, 3.63) is 0 Å². The van der Waals surface area contributed by atoms with Gasteiger partial charge >= 0.3 is 0 Å². The zero-order chi connectivity index (χ0) is 12.8. The lowest BCUT2D eigenvalue weighted by Gasteiger charge is -2.29. The van der Waals surface area contributed by atoms with Crippen molar-refractivity contribution < 1.29 is 4.79 Å². The summed E-state index contributed by atoms with van der Waals surface area (Å²) in [6, 6.07) is 0.327. The van der Waals surface area contributed by atoms with Crippen LogP contribution in [0.3, 0.4) is 0 Å². The Balaban J connectivity index is 2.39. The van der Waals surface area contributed by atoms with E-state index in [0.717, 1.165) is 18.8 Å². The SMILES string of the molecule is CCC1CCC(NC(=O)C(CC)C(N)=S)CC1. The van der Waals surface area contributed by atoms with E-state index in [1.54, 1.807) is 0 Å². The molecule has 98 valence electrons. The first-order valence-corrected chi connectivity index (χ1v) is 7.08. The number of carbonyl (C=O) groups excluding carboxylic acids is 1. The van der Waals surface area contributed by atoms with Gasteiger partial charge in [-0.3, -0.25) is 4.79 Å². The van der Waals surface area contributed by atoms with Crippen molar-refractivity contribution in [3.63, 3.8) is 0 Å². The highest BCUT2D eigenvalue weighted by atomic mass is 32.1. The molecule has 0 bridgehead atoms. The number of hydrogen-bond acceptors (Lipinski definition) is 2.